The van der Waals surface area contributed by atoms with Gasteiger partial charge in [0.2, 0.25) is 5.91 Å². The average molecular weight is 295 g/mol. The van der Waals surface area contributed by atoms with Crippen LogP contribution in [0.5, 0.6) is 0 Å². The molecule has 1 aromatic rings. The molecule has 2 rings (SSSR count). The Morgan fingerprint density at radius 1 is 1.38 bits per heavy atom. The van der Waals surface area contributed by atoms with Crippen LogP contribution in [0.3, 0.4) is 0 Å². The van der Waals surface area contributed by atoms with Crippen molar-refractivity contribution < 1.29 is 14.5 Å². The lowest BCUT2D eigenvalue weighted by Gasteiger charge is -2.29. The zero-order chi connectivity index (χ0) is 15.4. The van der Waals surface area contributed by atoms with Gasteiger partial charge in [0.25, 0.3) is 5.91 Å². The predicted molar refractivity (Wildman–Crippen MR) is 73.9 cm³/mol. The topological polar surface area (TPSA) is 112 Å². The Morgan fingerprint density at radius 3 is 2.62 bits per heavy atom. The van der Waals surface area contributed by atoms with Crippen molar-refractivity contribution in [1.82, 2.24) is 20.1 Å². The van der Waals surface area contributed by atoms with Crippen LogP contribution in [0.1, 0.15) is 10.5 Å². The maximum atomic E-state index is 12.1. The summed E-state index contributed by atoms with van der Waals surface area (Å²) >= 11 is 0. The number of carbonyl (C=O) groups excluding carboxylic acids is 2. The molecule has 0 aromatic carbocycles. The van der Waals surface area contributed by atoms with Crippen LogP contribution < -0.4 is 5.32 Å². The second-order valence-corrected chi connectivity index (χ2v) is 4.81. The highest BCUT2D eigenvalue weighted by molar-refractivity contribution is 5.95. The van der Waals surface area contributed by atoms with Crippen LogP contribution in [0.2, 0.25) is 0 Å². The van der Waals surface area contributed by atoms with Crippen molar-refractivity contribution in [3.8, 4) is 0 Å². The van der Waals surface area contributed by atoms with Gasteiger partial charge in [0.1, 0.15) is 0 Å². The number of nitrogens with zero attached hydrogens (tertiary/aromatic N) is 3. The van der Waals surface area contributed by atoms with E-state index >= 15 is 0 Å². The van der Waals surface area contributed by atoms with Crippen molar-refractivity contribution in [3.05, 3.63) is 27.9 Å². The molecular weight excluding hydrogens is 278 g/mol. The molecule has 1 aliphatic heterocycles. The van der Waals surface area contributed by atoms with Gasteiger partial charge in [0.15, 0.2) is 5.69 Å². The number of piperazine rings is 1. The number of likely N-dealkylation sites (N-methyl/N-ethyl adjacent to an activating group) is 1. The number of carbonyl (C=O) groups is 2. The van der Waals surface area contributed by atoms with Crippen molar-refractivity contribution in [3.63, 3.8) is 0 Å². The molecule has 1 aromatic heterocycles. The molecule has 114 valence electrons. The monoisotopic (exact) mass is 295 g/mol. The highest BCUT2D eigenvalue weighted by Crippen LogP contribution is 2.11. The van der Waals surface area contributed by atoms with Crippen LogP contribution in [-0.4, -0.2) is 71.3 Å². The summed E-state index contributed by atoms with van der Waals surface area (Å²) in [6.45, 7) is 2.67. The summed E-state index contributed by atoms with van der Waals surface area (Å²) in [6.07, 6.45) is 0. The number of rotatable bonds is 4. The average Bonchev–Trinajstić information content (AvgIpc) is 2.97. The first-order chi connectivity index (χ1) is 9.99. The third-order valence-electron chi connectivity index (χ3n) is 3.29. The molecule has 1 fully saturated rings. The fourth-order valence-corrected chi connectivity index (χ4v) is 2.11. The summed E-state index contributed by atoms with van der Waals surface area (Å²) in [6, 6.07) is 2.56. The van der Waals surface area contributed by atoms with Gasteiger partial charge in [-0.05, 0) is 11.0 Å². The van der Waals surface area contributed by atoms with Crippen molar-refractivity contribution in [2.75, 3.05) is 39.8 Å². The van der Waals surface area contributed by atoms with E-state index in [1.807, 2.05) is 0 Å². The van der Waals surface area contributed by atoms with Crippen LogP contribution >= 0.6 is 0 Å². The van der Waals surface area contributed by atoms with Crippen LogP contribution in [0.15, 0.2) is 12.1 Å². The summed E-state index contributed by atoms with van der Waals surface area (Å²) in [4.78, 5) is 39.5. The molecule has 2 amide bonds. The summed E-state index contributed by atoms with van der Waals surface area (Å²) in [7, 11) is 1.50. The highest BCUT2D eigenvalue weighted by Gasteiger charge is 2.23. The molecule has 0 radical (unpaired) electrons. The number of nitrogens with one attached hydrogen (secondary N) is 2. The van der Waals surface area contributed by atoms with Gasteiger partial charge in [-0.2, -0.15) is 0 Å². The fourth-order valence-electron chi connectivity index (χ4n) is 2.11. The number of nitro groups is 1. The number of amides is 2. The Balaban J connectivity index is 1.95. The zero-order valence-corrected chi connectivity index (χ0v) is 11.7. The Morgan fingerprint density at radius 2 is 2.05 bits per heavy atom. The number of hydrogen-bond acceptors (Lipinski definition) is 5. The standard InChI is InChI=1S/C12H17N5O4/c1-15(8-11(18)16-6-4-13-5-7-16)12(19)9-2-3-10(14-9)17(20)21/h2-3,13-14H,4-8H2,1H3. The molecule has 0 atom stereocenters. The number of H-pyrrole nitrogens is 1. The number of aromatic amines is 1. The molecule has 0 spiro atoms. The largest absolute Gasteiger partial charge is 0.358 e. The Bertz CT molecular complexity index is 550. The van der Waals surface area contributed by atoms with Gasteiger partial charge in [0, 0.05) is 39.3 Å². The van der Waals surface area contributed by atoms with E-state index in [1.54, 1.807) is 4.90 Å². The van der Waals surface area contributed by atoms with Gasteiger partial charge in [-0.15, -0.1) is 0 Å². The molecule has 2 N–H and O–H groups in total. The minimum absolute atomic E-state index is 0.0499. The van der Waals surface area contributed by atoms with Crippen LogP contribution in [0.4, 0.5) is 5.82 Å². The zero-order valence-electron chi connectivity index (χ0n) is 11.7. The first kappa shape index (κ1) is 15.0. The van der Waals surface area contributed by atoms with Gasteiger partial charge in [-0.25, -0.2) is 4.98 Å². The van der Waals surface area contributed by atoms with Crippen molar-refractivity contribution in [1.29, 1.82) is 0 Å². The summed E-state index contributed by atoms with van der Waals surface area (Å²) < 4.78 is 0. The quantitative estimate of drug-likeness (QED) is 0.570. The van der Waals surface area contributed by atoms with Crippen LogP contribution in [0, 0.1) is 10.1 Å². The van der Waals surface area contributed by atoms with Crippen LogP contribution in [0.25, 0.3) is 0 Å². The van der Waals surface area contributed by atoms with Crippen molar-refractivity contribution in [2.24, 2.45) is 0 Å². The number of aromatic nitrogens is 1. The van der Waals surface area contributed by atoms with Gasteiger partial charge in [-0.1, -0.05) is 0 Å². The minimum atomic E-state index is -0.608. The molecule has 9 heteroatoms. The normalized spacial score (nSPS) is 14.8. The first-order valence-electron chi connectivity index (χ1n) is 6.56. The summed E-state index contributed by atoms with van der Waals surface area (Å²) in [5.74, 6) is -0.833. The van der Waals surface area contributed by atoms with E-state index in [2.05, 4.69) is 10.3 Å². The van der Waals surface area contributed by atoms with E-state index in [0.29, 0.717) is 13.1 Å². The summed E-state index contributed by atoms with van der Waals surface area (Å²) in [5.41, 5.74) is 0.0947. The van der Waals surface area contributed by atoms with Crippen molar-refractivity contribution in [2.45, 2.75) is 0 Å². The lowest BCUT2D eigenvalue weighted by atomic mass is 10.3. The van der Waals surface area contributed by atoms with Gasteiger partial charge >= 0.3 is 5.82 Å². The van der Waals surface area contributed by atoms with E-state index in [0.717, 1.165) is 13.1 Å². The van der Waals surface area contributed by atoms with E-state index < -0.39 is 10.8 Å². The third kappa shape index (κ3) is 3.57. The molecule has 21 heavy (non-hydrogen) atoms. The third-order valence-corrected chi connectivity index (χ3v) is 3.29. The van der Waals surface area contributed by atoms with Gasteiger partial charge < -0.3 is 25.2 Å². The first-order valence-corrected chi connectivity index (χ1v) is 6.56. The SMILES string of the molecule is CN(CC(=O)N1CCNCC1)C(=O)c1ccc([N+](=O)[O-])[nH]1. The summed E-state index contributed by atoms with van der Waals surface area (Å²) in [5, 5.41) is 13.7. The second kappa shape index (κ2) is 6.35. The predicted octanol–water partition coefficient (Wildman–Crippen LogP) is -0.573. The second-order valence-electron chi connectivity index (χ2n) is 4.81. The molecule has 1 aliphatic rings. The lowest BCUT2D eigenvalue weighted by Crippen LogP contribution is -2.49. The van der Waals surface area contributed by atoms with Gasteiger partial charge in [-0.3, -0.25) is 9.59 Å². The molecule has 9 nitrogen and oxygen atoms in total. The number of hydrogen-bond donors (Lipinski definition) is 2. The van der Waals surface area contributed by atoms with Gasteiger partial charge in [0.05, 0.1) is 6.54 Å². The lowest BCUT2D eigenvalue weighted by molar-refractivity contribution is -0.389. The minimum Gasteiger partial charge on any atom is -0.358 e. The Hall–Kier alpha value is -2.42. The van der Waals surface area contributed by atoms with Crippen LogP contribution in [-0.2, 0) is 4.79 Å². The molecule has 2 heterocycles. The van der Waals surface area contributed by atoms with E-state index in [-0.39, 0.29) is 24.0 Å². The fraction of sp³-hybridized carbons (Fsp3) is 0.500. The Kier molecular flexibility index (Phi) is 4.53. The maximum absolute atomic E-state index is 12.1. The molecule has 0 aliphatic carbocycles. The highest BCUT2D eigenvalue weighted by atomic mass is 16.6. The molecular formula is C12H17N5O4. The molecule has 1 saturated heterocycles. The molecule has 0 saturated carbocycles. The molecule has 0 bridgehead atoms. The van der Waals surface area contributed by atoms with Crippen molar-refractivity contribution >= 4 is 17.6 Å². The maximum Gasteiger partial charge on any atom is 0.321 e. The smallest absolute Gasteiger partial charge is 0.321 e. The molecule has 0 unspecified atom stereocenters. The van der Waals surface area contributed by atoms with E-state index in [4.69, 9.17) is 0 Å². The van der Waals surface area contributed by atoms with E-state index in [9.17, 15) is 19.7 Å². The van der Waals surface area contributed by atoms with E-state index in [1.165, 1.54) is 24.1 Å². The Labute approximate surface area is 121 Å².